The van der Waals surface area contributed by atoms with Crippen molar-refractivity contribution in [3.05, 3.63) is 23.2 Å². The van der Waals surface area contributed by atoms with Gasteiger partial charge in [0.15, 0.2) is 0 Å². The minimum Gasteiger partial charge on any atom is -0.497 e. The summed E-state index contributed by atoms with van der Waals surface area (Å²) in [5.74, 6) is 0.828. The Balaban J connectivity index is 1.70. The molecule has 1 aromatic carbocycles. The first-order valence-corrected chi connectivity index (χ1v) is 7.39. The Morgan fingerprint density at radius 2 is 2.14 bits per heavy atom. The van der Waals surface area contributed by atoms with Crippen LogP contribution in [0.5, 0.6) is 5.75 Å². The number of carbonyl (C=O) groups is 2. The summed E-state index contributed by atoms with van der Waals surface area (Å²) in [5.41, 5.74) is 0.560. The molecule has 0 radical (unpaired) electrons. The molecule has 1 aromatic rings. The van der Waals surface area contributed by atoms with E-state index in [9.17, 15) is 9.59 Å². The predicted octanol–water partition coefficient (Wildman–Crippen LogP) is 2.59. The Morgan fingerprint density at radius 1 is 1.38 bits per heavy atom. The summed E-state index contributed by atoms with van der Waals surface area (Å²) in [5, 5.41) is 6.01. The van der Waals surface area contributed by atoms with Crippen LogP contribution in [0.3, 0.4) is 0 Å². The second-order valence-electron chi connectivity index (χ2n) is 5.06. The number of halogens is 1. The number of anilines is 1. The summed E-state index contributed by atoms with van der Waals surface area (Å²) in [6.45, 7) is 0.527. The number of hydrogen-bond acceptors (Lipinski definition) is 3. The zero-order valence-electron chi connectivity index (χ0n) is 11.9. The van der Waals surface area contributed by atoms with E-state index < -0.39 is 0 Å². The highest BCUT2D eigenvalue weighted by Crippen LogP contribution is 2.28. The molecule has 6 heteroatoms. The minimum atomic E-state index is -0.122. The Labute approximate surface area is 129 Å². The zero-order valence-corrected chi connectivity index (χ0v) is 12.7. The van der Waals surface area contributed by atoms with Gasteiger partial charge >= 0.3 is 0 Å². The lowest BCUT2D eigenvalue weighted by atomic mass is 10.2. The van der Waals surface area contributed by atoms with Gasteiger partial charge in [-0.05, 0) is 31.4 Å². The van der Waals surface area contributed by atoms with E-state index in [1.807, 2.05) is 0 Å². The zero-order chi connectivity index (χ0) is 15.2. The third kappa shape index (κ3) is 4.93. The highest BCUT2D eigenvalue weighted by atomic mass is 35.5. The number of rotatable bonds is 7. The molecule has 0 aromatic heterocycles. The van der Waals surface area contributed by atoms with Gasteiger partial charge < -0.3 is 15.4 Å². The van der Waals surface area contributed by atoms with Gasteiger partial charge in [-0.15, -0.1) is 0 Å². The number of ether oxygens (including phenoxy) is 1. The first-order chi connectivity index (χ1) is 10.1. The maximum atomic E-state index is 11.8. The van der Waals surface area contributed by atoms with Crippen LogP contribution in [0.2, 0.25) is 5.02 Å². The van der Waals surface area contributed by atoms with E-state index in [1.165, 1.54) is 0 Å². The number of hydrogen-bond donors (Lipinski definition) is 2. The van der Waals surface area contributed by atoms with Crippen molar-refractivity contribution < 1.29 is 14.3 Å². The van der Waals surface area contributed by atoms with Gasteiger partial charge in [-0.2, -0.15) is 0 Å². The average molecular weight is 311 g/mol. The third-order valence-corrected chi connectivity index (χ3v) is 3.59. The SMILES string of the molecule is COc1ccc(NC(=O)CCCNC(=O)C2CC2)c(Cl)c1. The van der Waals surface area contributed by atoms with E-state index in [4.69, 9.17) is 16.3 Å². The standard InChI is InChI=1S/C15H19ClN2O3/c1-21-11-6-7-13(12(16)9-11)18-14(19)3-2-8-17-15(20)10-4-5-10/h6-7,9-10H,2-5,8H2,1H3,(H,17,20)(H,18,19). The number of amides is 2. The van der Waals surface area contributed by atoms with E-state index in [2.05, 4.69) is 10.6 Å². The first-order valence-electron chi connectivity index (χ1n) is 7.01. The van der Waals surface area contributed by atoms with Crippen molar-refractivity contribution in [3.63, 3.8) is 0 Å². The number of nitrogens with one attached hydrogen (secondary N) is 2. The van der Waals surface area contributed by atoms with Crippen LogP contribution in [0, 0.1) is 5.92 Å². The Morgan fingerprint density at radius 3 is 2.76 bits per heavy atom. The summed E-state index contributed by atoms with van der Waals surface area (Å²) >= 11 is 6.05. The lowest BCUT2D eigenvalue weighted by Crippen LogP contribution is -2.26. The van der Waals surface area contributed by atoms with Crippen LogP contribution in [0.25, 0.3) is 0 Å². The molecular weight excluding hydrogens is 292 g/mol. The molecule has 5 nitrogen and oxygen atoms in total. The van der Waals surface area contributed by atoms with Crippen LogP contribution in [-0.2, 0) is 9.59 Å². The lowest BCUT2D eigenvalue weighted by Gasteiger charge is -2.09. The van der Waals surface area contributed by atoms with Gasteiger partial charge in [-0.25, -0.2) is 0 Å². The molecule has 1 fully saturated rings. The van der Waals surface area contributed by atoms with Crippen molar-refractivity contribution in [2.45, 2.75) is 25.7 Å². The fraction of sp³-hybridized carbons (Fsp3) is 0.467. The van der Waals surface area contributed by atoms with Crippen LogP contribution < -0.4 is 15.4 Å². The summed E-state index contributed by atoms with van der Waals surface area (Å²) < 4.78 is 5.04. The fourth-order valence-electron chi connectivity index (χ4n) is 1.89. The lowest BCUT2D eigenvalue weighted by molar-refractivity contribution is -0.122. The van der Waals surface area contributed by atoms with Crippen molar-refractivity contribution in [1.29, 1.82) is 0 Å². The van der Waals surface area contributed by atoms with Crippen LogP contribution >= 0.6 is 11.6 Å². The van der Waals surface area contributed by atoms with Gasteiger partial charge in [0.2, 0.25) is 11.8 Å². The normalized spacial score (nSPS) is 13.6. The van der Waals surface area contributed by atoms with Gasteiger partial charge in [-0.3, -0.25) is 9.59 Å². The van der Waals surface area contributed by atoms with Crippen LogP contribution in [0.15, 0.2) is 18.2 Å². The molecule has 0 aliphatic heterocycles. The summed E-state index contributed by atoms with van der Waals surface area (Å²) in [4.78, 5) is 23.2. The molecular formula is C15H19ClN2O3. The average Bonchev–Trinajstić information content (AvgIpc) is 3.30. The second kappa shape index (κ2) is 7.31. The maximum Gasteiger partial charge on any atom is 0.224 e. The van der Waals surface area contributed by atoms with Gasteiger partial charge in [0.05, 0.1) is 17.8 Å². The van der Waals surface area contributed by atoms with Gasteiger partial charge in [0.25, 0.3) is 0 Å². The highest BCUT2D eigenvalue weighted by molar-refractivity contribution is 6.33. The molecule has 0 spiro atoms. The van der Waals surface area contributed by atoms with E-state index in [-0.39, 0.29) is 17.7 Å². The second-order valence-corrected chi connectivity index (χ2v) is 5.47. The molecule has 0 saturated heterocycles. The van der Waals surface area contributed by atoms with Gasteiger partial charge in [0, 0.05) is 24.9 Å². The molecule has 1 aliphatic rings. The molecule has 0 unspecified atom stereocenters. The number of benzene rings is 1. The van der Waals surface area contributed by atoms with Crippen molar-refractivity contribution in [2.75, 3.05) is 19.0 Å². The minimum absolute atomic E-state index is 0.105. The van der Waals surface area contributed by atoms with Crippen molar-refractivity contribution in [3.8, 4) is 5.75 Å². The van der Waals surface area contributed by atoms with E-state index in [1.54, 1.807) is 25.3 Å². The Kier molecular flexibility index (Phi) is 5.44. The fourth-order valence-corrected chi connectivity index (χ4v) is 2.11. The smallest absolute Gasteiger partial charge is 0.224 e. The molecule has 114 valence electrons. The van der Waals surface area contributed by atoms with Crippen molar-refractivity contribution >= 4 is 29.1 Å². The van der Waals surface area contributed by atoms with E-state index >= 15 is 0 Å². The molecule has 2 N–H and O–H groups in total. The van der Waals surface area contributed by atoms with Crippen LogP contribution in [-0.4, -0.2) is 25.5 Å². The summed E-state index contributed by atoms with van der Waals surface area (Å²) in [6, 6.07) is 5.08. The first kappa shape index (κ1) is 15.6. The molecule has 0 heterocycles. The molecule has 0 atom stereocenters. The molecule has 0 bridgehead atoms. The van der Waals surface area contributed by atoms with Gasteiger partial charge in [0.1, 0.15) is 5.75 Å². The molecule has 1 saturated carbocycles. The van der Waals surface area contributed by atoms with Crippen molar-refractivity contribution in [2.24, 2.45) is 5.92 Å². The topological polar surface area (TPSA) is 67.4 Å². The Hall–Kier alpha value is -1.75. The van der Waals surface area contributed by atoms with Crippen LogP contribution in [0.1, 0.15) is 25.7 Å². The number of methoxy groups -OCH3 is 1. The van der Waals surface area contributed by atoms with Crippen LogP contribution in [0.4, 0.5) is 5.69 Å². The molecule has 2 amide bonds. The maximum absolute atomic E-state index is 11.8. The largest absolute Gasteiger partial charge is 0.497 e. The number of carbonyl (C=O) groups excluding carboxylic acids is 2. The van der Waals surface area contributed by atoms with E-state index in [0.29, 0.717) is 35.8 Å². The summed E-state index contributed by atoms with van der Waals surface area (Å²) in [7, 11) is 1.56. The monoisotopic (exact) mass is 310 g/mol. The predicted molar refractivity (Wildman–Crippen MR) is 81.6 cm³/mol. The summed E-state index contributed by atoms with van der Waals surface area (Å²) in [6.07, 6.45) is 2.93. The Bertz CT molecular complexity index is 530. The third-order valence-electron chi connectivity index (χ3n) is 3.28. The molecule has 1 aliphatic carbocycles. The highest BCUT2D eigenvalue weighted by Gasteiger charge is 2.28. The quantitative estimate of drug-likeness (QED) is 0.761. The van der Waals surface area contributed by atoms with E-state index in [0.717, 1.165) is 12.8 Å². The van der Waals surface area contributed by atoms with Gasteiger partial charge in [-0.1, -0.05) is 11.6 Å². The van der Waals surface area contributed by atoms with Crippen molar-refractivity contribution in [1.82, 2.24) is 5.32 Å². The molecule has 21 heavy (non-hydrogen) atoms. The molecule has 2 rings (SSSR count).